The summed E-state index contributed by atoms with van der Waals surface area (Å²) < 4.78 is 0. The Morgan fingerprint density at radius 1 is 1.33 bits per heavy atom. The summed E-state index contributed by atoms with van der Waals surface area (Å²) in [6.07, 6.45) is -0.225. The zero-order valence-corrected chi connectivity index (χ0v) is 12.5. The van der Waals surface area contributed by atoms with E-state index in [9.17, 15) is 14.4 Å². The topological polar surface area (TPSA) is 104 Å². The van der Waals surface area contributed by atoms with E-state index >= 15 is 0 Å². The number of hydrogen-bond donors (Lipinski definition) is 3. The van der Waals surface area contributed by atoms with Gasteiger partial charge in [0.25, 0.3) is 0 Å². The minimum Gasteiger partial charge on any atom is -0.481 e. The first-order chi connectivity index (χ1) is 9.75. The maximum absolute atomic E-state index is 12.3. The molecule has 7 heteroatoms. The molecule has 3 N–H and O–H groups in total. The SMILES string of the molecule is CC1(C)C(C(=O)O)C1C(=O)NC(CC(=O)O)c1cccs1. The Kier molecular flexibility index (Phi) is 4.04. The number of aliphatic carboxylic acids is 2. The van der Waals surface area contributed by atoms with Crippen LogP contribution in [0.4, 0.5) is 0 Å². The molecule has 1 heterocycles. The van der Waals surface area contributed by atoms with Gasteiger partial charge in [0.05, 0.1) is 24.3 Å². The van der Waals surface area contributed by atoms with Gasteiger partial charge in [0, 0.05) is 4.88 Å². The third kappa shape index (κ3) is 3.07. The van der Waals surface area contributed by atoms with Gasteiger partial charge in [0.15, 0.2) is 0 Å². The molecule has 6 nitrogen and oxygen atoms in total. The highest BCUT2D eigenvalue weighted by molar-refractivity contribution is 7.10. The van der Waals surface area contributed by atoms with E-state index in [0.717, 1.165) is 4.88 Å². The molecule has 2 rings (SSSR count). The molecule has 1 aliphatic carbocycles. The lowest BCUT2D eigenvalue weighted by Gasteiger charge is -2.16. The van der Waals surface area contributed by atoms with Crippen molar-refractivity contribution in [3.05, 3.63) is 22.4 Å². The van der Waals surface area contributed by atoms with Gasteiger partial charge in [-0.25, -0.2) is 0 Å². The molecular formula is C14H17NO5S. The van der Waals surface area contributed by atoms with Crippen molar-refractivity contribution in [1.29, 1.82) is 0 Å². The van der Waals surface area contributed by atoms with Gasteiger partial charge in [-0.05, 0) is 16.9 Å². The molecule has 0 saturated heterocycles. The van der Waals surface area contributed by atoms with Crippen molar-refractivity contribution < 1.29 is 24.6 Å². The fourth-order valence-electron chi connectivity index (χ4n) is 2.74. The molecule has 1 fully saturated rings. The van der Waals surface area contributed by atoms with Gasteiger partial charge >= 0.3 is 11.9 Å². The Morgan fingerprint density at radius 2 is 2.00 bits per heavy atom. The van der Waals surface area contributed by atoms with E-state index in [1.165, 1.54) is 11.3 Å². The number of hydrogen-bond acceptors (Lipinski definition) is 4. The molecule has 0 aromatic carbocycles. The van der Waals surface area contributed by atoms with Gasteiger partial charge in [-0.1, -0.05) is 19.9 Å². The van der Waals surface area contributed by atoms with Crippen LogP contribution < -0.4 is 5.32 Å². The van der Waals surface area contributed by atoms with Crippen molar-refractivity contribution in [2.24, 2.45) is 17.3 Å². The maximum Gasteiger partial charge on any atom is 0.307 e. The van der Waals surface area contributed by atoms with Crippen LogP contribution in [0.5, 0.6) is 0 Å². The highest BCUT2D eigenvalue weighted by Crippen LogP contribution is 2.58. The first-order valence-electron chi connectivity index (χ1n) is 6.53. The van der Waals surface area contributed by atoms with Gasteiger partial charge in [-0.3, -0.25) is 14.4 Å². The molecule has 0 aliphatic heterocycles. The number of carboxylic acids is 2. The van der Waals surface area contributed by atoms with Crippen LogP contribution in [0.1, 0.15) is 31.2 Å². The smallest absolute Gasteiger partial charge is 0.307 e. The lowest BCUT2D eigenvalue weighted by molar-refractivity contribution is -0.141. The van der Waals surface area contributed by atoms with Crippen LogP contribution >= 0.6 is 11.3 Å². The molecule has 3 unspecified atom stereocenters. The minimum atomic E-state index is -1.02. The first-order valence-corrected chi connectivity index (χ1v) is 7.41. The van der Waals surface area contributed by atoms with Crippen molar-refractivity contribution in [1.82, 2.24) is 5.32 Å². The number of thiophene rings is 1. The molecule has 1 aliphatic rings. The van der Waals surface area contributed by atoms with E-state index in [1.54, 1.807) is 31.4 Å². The van der Waals surface area contributed by atoms with Crippen molar-refractivity contribution in [2.75, 3.05) is 0 Å². The van der Waals surface area contributed by atoms with Crippen LogP contribution in [-0.2, 0) is 14.4 Å². The minimum absolute atomic E-state index is 0.225. The molecule has 114 valence electrons. The largest absolute Gasteiger partial charge is 0.481 e. The van der Waals surface area contributed by atoms with Gasteiger partial charge in [0.1, 0.15) is 0 Å². The van der Waals surface area contributed by atoms with E-state index in [1.807, 2.05) is 0 Å². The summed E-state index contributed by atoms with van der Waals surface area (Å²) in [5, 5.41) is 22.5. The average Bonchev–Trinajstić information content (AvgIpc) is 2.76. The van der Waals surface area contributed by atoms with Crippen LogP contribution in [0.2, 0.25) is 0 Å². The Balaban J connectivity index is 2.09. The van der Waals surface area contributed by atoms with Gasteiger partial charge in [0.2, 0.25) is 5.91 Å². The van der Waals surface area contributed by atoms with Crippen LogP contribution in [-0.4, -0.2) is 28.1 Å². The lowest BCUT2D eigenvalue weighted by atomic mass is 10.1. The molecule has 1 aromatic rings. The molecule has 0 radical (unpaired) electrons. The molecule has 3 atom stereocenters. The summed E-state index contributed by atoms with van der Waals surface area (Å²) in [5.41, 5.74) is -0.598. The zero-order valence-electron chi connectivity index (χ0n) is 11.7. The van der Waals surface area contributed by atoms with E-state index in [4.69, 9.17) is 10.2 Å². The number of amides is 1. The predicted molar refractivity (Wildman–Crippen MR) is 75.9 cm³/mol. The Labute approximate surface area is 125 Å². The molecular weight excluding hydrogens is 294 g/mol. The van der Waals surface area contributed by atoms with Crippen molar-refractivity contribution in [3.8, 4) is 0 Å². The summed E-state index contributed by atoms with van der Waals surface area (Å²) >= 11 is 1.36. The predicted octanol–water partition coefficient (Wildman–Crippen LogP) is 1.74. The zero-order chi connectivity index (χ0) is 15.8. The molecule has 0 spiro atoms. The third-order valence-electron chi connectivity index (χ3n) is 3.96. The van der Waals surface area contributed by atoms with E-state index in [0.29, 0.717) is 0 Å². The maximum atomic E-state index is 12.3. The van der Waals surface area contributed by atoms with Crippen LogP contribution in [0.3, 0.4) is 0 Å². The van der Waals surface area contributed by atoms with E-state index in [-0.39, 0.29) is 6.42 Å². The lowest BCUT2D eigenvalue weighted by Crippen LogP contribution is -2.32. The van der Waals surface area contributed by atoms with E-state index in [2.05, 4.69) is 5.32 Å². The number of rotatable bonds is 6. The number of nitrogens with one attached hydrogen (secondary N) is 1. The monoisotopic (exact) mass is 311 g/mol. The van der Waals surface area contributed by atoms with Crippen molar-refractivity contribution >= 4 is 29.2 Å². The van der Waals surface area contributed by atoms with Gasteiger partial charge < -0.3 is 15.5 Å². The average molecular weight is 311 g/mol. The Morgan fingerprint density at radius 3 is 2.43 bits per heavy atom. The molecule has 1 amide bonds. The van der Waals surface area contributed by atoms with Crippen LogP contribution in [0, 0.1) is 17.3 Å². The fourth-order valence-corrected chi connectivity index (χ4v) is 3.51. The second-order valence-electron chi connectivity index (χ2n) is 5.79. The van der Waals surface area contributed by atoms with Crippen molar-refractivity contribution in [3.63, 3.8) is 0 Å². The standard InChI is InChI=1S/C14H17NO5S/c1-14(2)10(11(14)13(19)20)12(18)15-7(6-9(16)17)8-4-3-5-21-8/h3-5,7,10-11H,6H2,1-2H3,(H,15,18)(H,16,17)(H,19,20). The summed E-state index contributed by atoms with van der Waals surface area (Å²) in [4.78, 5) is 35.0. The van der Waals surface area contributed by atoms with Crippen LogP contribution in [0.15, 0.2) is 17.5 Å². The quantitative estimate of drug-likeness (QED) is 0.742. The van der Waals surface area contributed by atoms with Gasteiger partial charge in [-0.15, -0.1) is 11.3 Å². The Bertz CT molecular complexity index is 566. The fraction of sp³-hybridized carbons (Fsp3) is 0.500. The second-order valence-corrected chi connectivity index (χ2v) is 6.77. The third-order valence-corrected chi connectivity index (χ3v) is 4.94. The summed E-state index contributed by atoms with van der Waals surface area (Å²) in [6, 6.07) is 2.91. The normalized spacial score (nSPS) is 24.1. The number of carboxylic acid groups (broad SMARTS) is 2. The van der Waals surface area contributed by atoms with Gasteiger partial charge in [-0.2, -0.15) is 0 Å². The Hall–Kier alpha value is -1.89. The van der Waals surface area contributed by atoms with E-state index < -0.39 is 41.1 Å². The summed E-state index contributed by atoms with van der Waals surface area (Å²) in [5.74, 6) is -3.74. The highest BCUT2D eigenvalue weighted by atomic mass is 32.1. The molecule has 0 bridgehead atoms. The summed E-state index contributed by atoms with van der Waals surface area (Å²) in [7, 11) is 0. The number of carbonyl (C=O) groups excluding carboxylic acids is 1. The molecule has 21 heavy (non-hydrogen) atoms. The highest BCUT2D eigenvalue weighted by Gasteiger charge is 2.66. The van der Waals surface area contributed by atoms with Crippen LogP contribution in [0.25, 0.3) is 0 Å². The summed E-state index contributed by atoms with van der Waals surface area (Å²) in [6.45, 7) is 3.46. The second kappa shape index (κ2) is 5.48. The van der Waals surface area contributed by atoms with Crippen molar-refractivity contribution in [2.45, 2.75) is 26.3 Å². The number of carbonyl (C=O) groups is 3. The first kappa shape index (κ1) is 15.5. The molecule has 1 saturated carbocycles. The molecule has 1 aromatic heterocycles.